The van der Waals surface area contributed by atoms with Gasteiger partial charge in [-0.3, -0.25) is 4.98 Å². The lowest BCUT2D eigenvalue weighted by molar-refractivity contribution is 1.30. The Hall–Kier alpha value is -2.25. The number of hydrogen-bond donors (Lipinski definition) is 0. The van der Waals surface area contributed by atoms with Crippen molar-refractivity contribution < 1.29 is 0 Å². The molecule has 0 aliphatic rings. The van der Waals surface area contributed by atoms with Crippen LogP contribution in [0.3, 0.4) is 0 Å². The van der Waals surface area contributed by atoms with E-state index in [9.17, 15) is 0 Å². The number of benzene rings is 1. The Balaban J connectivity index is 2.22. The molecule has 0 aliphatic heterocycles. The van der Waals surface area contributed by atoms with E-state index in [2.05, 4.69) is 16.0 Å². The van der Waals surface area contributed by atoms with E-state index in [-0.39, 0.29) is 0 Å². The summed E-state index contributed by atoms with van der Waals surface area (Å²) in [5, 5.41) is 10.1. The minimum atomic E-state index is 0.587. The van der Waals surface area contributed by atoms with Crippen LogP contribution in [-0.4, -0.2) is 9.97 Å². The maximum Gasteiger partial charge on any atom is 0.101 e. The largest absolute Gasteiger partial charge is 0.255 e. The number of pyridine rings is 1. The van der Waals surface area contributed by atoms with E-state index < -0.39 is 0 Å². The predicted octanol–water partition coefficient (Wildman–Crippen LogP) is 3.54. The Labute approximate surface area is 108 Å². The zero-order valence-corrected chi connectivity index (χ0v) is 10.5. The third-order valence-electron chi connectivity index (χ3n) is 2.70. The van der Waals surface area contributed by atoms with E-state index in [4.69, 9.17) is 5.26 Å². The Morgan fingerprint density at radius 2 is 2.17 bits per heavy atom. The van der Waals surface area contributed by atoms with Gasteiger partial charge in [0.05, 0.1) is 26.5 Å². The number of nitriles is 1. The van der Waals surface area contributed by atoms with Crippen molar-refractivity contribution in [2.75, 3.05) is 0 Å². The van der Waals surface area contributed by atoms with Crippen LogP contribution in [0.15, 0.2) is 36.5 Å². The summed E-state index contributed by atoms with van der Waals surface area (Å²) in [6, 6.07) is 11.7. The molecule has 0 atom stereocenters. The summed E-state index contributed by atoms with van der Waals surface area (Å²) in [6.45, 7) is 1.99. The lowest BCUT2D eigenvalue weighted by Crippen LogP contribution is -1.87. The summed E-state index contributed by atoms with van der Waals surface area (Å²) in [7, 11) is 0. The minimum absolute atomic E-state index is 0.587. The highest BCUT2D eigenvalue weighted by Gasteiger charge is 2.08. The highest BCUT2D eigenvalue weighted by molar-refractivity contribution is 7.18. The second-order valence-electron chi connectivity index (χ2n) is 3.93. The molecule has 0 saturated carbocycles. The first-order valence-corrected chi connectivity index (χ1v) is 6.32. The summed E-state index contributed by atoms with van der Waals surface area (Å²) in [5.74, 6) is 0. The molecule has 0 bridgehead atoms. The van der Waals surface area contributed by atoms with Crippen LogP contribution < -0.4 is 0 Å². The predicted molar refractivity (Wildman–Crippen MR) is 72.3 cm³/mol. The molecule has 18 heavy (non-hydrogen) atoms. The summed E-state index contributed by atoms with van der Waals surface area (Å²) in [6.07, 6.45) is 1.70. The van der Waals surface area contributed by atoms with E-state index in [0.29, 0.717) is 11.3 Å². The van der Waals surface area contributed by atoms with Gasteiger partial charge in [0.1, 0.15) is 6.07 Å². The van der Waals surface area contributed by atoms with Gasteiger partial charge in [-0.1, -0.05) is 6.07 Å². The molecule has 0 amide bonds. The second-order valence-corrected chi connectivity index (χ2v) is 5.16. The van der Waals surface area contributed by atoms with E-state index in [0.717, 1.165) is 20.8 Å². The number of nitrogens with zero attached hydrogens (tertiary/aromatic N) is 3. The molecule has 4 heteroatoms. The van der Waals surface area contributed by atoms with Crippen molar-refractivity contribution in [2.24, 2.45) is 0 Å². The molecule has 1 aromatic carbocycles. The Morgan fingerprint density at radius 1 is 1.28 bits per heavy atom. The molecule has 2 heterocycles. The first kappa shape index (κ1) is 10.9. The zero-order valence-electron chi connectivity index (χ0n) is 9.71. The quantitative estimate of drug-likeness (QED) is 0.664. The van der Waals surface area contributed by atoms with Crippen molar-refractivity contribution in [2.45, 2.75) is 6.92 Å². The van der Waals surface area contributed by atoms with Gasteiger partial charge in [-0.05, 0) is 31.2 Å². The monoisotopic (exact) mass is 251 g/mol. The molecular weight excluding hydrogens is 242 g/mol. The Bertz CT molecular complexity index is 768. The molecule has 0 spiro atoms. The number of hydrogen-bond acceptors (Lipinski definition) is 4. The third kappa shape index (κ3) is 1.75. The molecule has 3 aromatic rings. The molecule has 86 valence electrons. The molecule has 0 fully saturated rings. The Morgan fingerprint density at radius 3 is 3.00 bits per heavy atom. The first-order valence-electron chi connectivity index (χ1n) is 5.50. The SMILES string of the molecule is Cc1nc2cc(-c3ncccc3C#N)ccc2s1. The van der Waals surface area contributed by atoms with Gasteiger partial charge in [-0.25, -0.2) is 4.98 Å². The minimum Gasteiger partial charge on any atom is -0.255 e. The maximum atomic E-state index is 9.09. The van der Waals surface area contributed by atoms with E-state index in [1.54, 1.807) is 29.7 Å². The Kier molecular flexibility index (Phi) is 2.54. The van der Waals surface area contributed by atoms with Gasteiger partial charge in [0.2, 0.25) is 0 Å². The number of aromatic nitrogens is 2. The summed E-state index contributed by atoms with van der Waals surface area (Å²) in [4.78, 5) is 8.75. The topological polar surface area (TPSA) is 49.6 Å². The molecule has 2 aromatic heterocycles. The number of fused-ring (bicyclic) bond motifs is 1. The van der Waals surface area contributed by atoms with Gasteiger partial charge in [-0.15, -0.1) is 11.3 Å². The normalized spacial score (nSPS) is 10.4. The van der Waals surface area contributed by atoms with Crippen molar-refractivity contribution in [3.63, 3.8) is 0 Å². The van der Waals surface area contributed by atoms with Crippen LogP contribution in [0.4, 0.5) is 0 Å². The maximum absolute atomic E-state index is 9.09. The molecule has 0 aliphatic carbocycles. The molecule has 3 rings (SSSR count). The summed E-state index contributed by atoms with van der Waals surface area (Å²) >= 11 is 1.67. The van der Waals surface area contributed by atoms with Crippen LogP contribution in [0.5, 0.6) is 0 Å². The fourth-order valence-corrected chi connectivity index (χ4v) is 2.72. The van der Waals surface area contributed by atoms with Crippen molar-refractivity contribution in [3.8, 4) is 17.3 Å². The summed E-state index contributed by atoms with van der Waals surface area (Å²) < 4.78 is 1.16. The van der Waals surface area contributed by atoms with Crippen molar-refractivity contribution in [3.05, 3.63) is 47.1 Å². The molecule has 0 N–H and O–H groups in total. The average Bonchev–Trinajstić information content (AvgIpc) is 2.77. The third-order valence-corrected chi connectivity index (χ3v) is 3.65. The molecule has 0 radical (unpaired) electrons. The molecular formula is C14H9N3S. The molecule has 0 saturated heterocycles. The second kappa shape index (κ2) is 4.21. The van der Waals surface area contributed by atoms with Crippen LogP contribution in [-0.2, 0) is 0 Å². The van der Waals surface area contributed by atoms with E-state index in [1.807, 2.05) is 25.1 Å². The van der Waals surface area contributed by atoms with Crippen LogP contribution in [0, 0.1) is 18.3 Å². The van der Waals surface area contributed by atoms with Crippen molar-refractivity contribution in [1.29, 1.82) is 5.26 Å². The van der Waals surface area contributed by atoms with Crippen LogP contribution >= 0.6 is 11.3 Å². The first-order chi connectivity index (χ1) is 8.78. The van der Waals surface area contributed by atoms with Crippen LogP contribution in [0.25, 0.3) is 21.5 Å². The van der Waals surface area contributed by atoms with Gasteiger partial charge in [-0.2, -0.15) is 5.26 Å². The number of aryl methyl sites for hydroxylation is 1. The lowest BCUT2D eigenvalue weighted by Gasteiger charge is -2.02. The fraction of sp³-hybridized carbons (Fsp3) is 0.0714. The zero-order chi connectivity index (χ0) is 12.5. The smallest absolute Gasteiger partial charge is 0.101 e. The number of rotatable bonds is 1. The number of thiazole rings is 1. The van der Waals surface area contributed by atoms with Crippen LogP contribution in [0.1, 0.15) is 10.6 Å². The standard InChI is InChI=1S/C14H9N3S/c1-9-17-12-7-10(4-5-13(12)18-9)14-11(8-15)3-2-6-16-14/h2-7H,1H3. The lowest BCUT2D eigenvalue weighted by atomic mass is 10.1. The van der Waals surface area contributed by atoms with Crippen molar-refractivity contribution >= 4 is 21.6 Å². The highest BCUT2D eigenvalue weighted by atomic mass is 32.1. The molecule has 0 unspecified atom stereocenters. The van der Waals surface area contributed by atoms with E-state index in [1.165, 1.54) is 0 Å². The summed E-state index contributed by atoms with van der Waals surface area (Å²) in [5.41, 5.74) is 3.20. The van der Waals surface area contributed by atoms with Gasteiger partial charge in [0.15, 0.2) is 0 Å². The van der Waals surface area contributed by atoms with Gasteiger partial charge < -0.3 is 0 Å². The van der Waals surface area contributed by atoms with Crippen molar-refractivity contribution in [1.82, 2.24) is 9.97 Å². The van der Waals surface area contributed by atoms with Crippen LogP contribution in [0.2, 0.25) is 0 Å². The highest BCUT2D eigenvalue weighted by Crippen LogP contribution is 2.27. The van der Waals surface area contributed by atoms with Gasteiger partial charge in [0.25, 0.3) is 0 Å². The fourth-order valence-electron chi connectivity index (χ4n) is 1.92. The van der Waals surface area contributed by atoms with E-state index >= 15 is 0 Å². The average molecular weight is 251 g/mol. The van der Waals surface area contributed by atoms with Gasteiger partial charge in [0, 0.05) is 11.8 Å². The van der Waals surface area contributed by atoms with Gasteiger partial charge >= 0.3 is 0 Å². The molecule has 3 nitrogen and oxygen atoms in total.